The lowest BCUT2D eigenvalue weighted by Crippen LogP contribution is -2.48. The number of nitrogens with zero attached hydrogens (tertiary/aromatic N) is 1. The first kappa shape index (κ1) is 18.1. The van der Waals surface area contributed by atoms with Gasteiger partial charge in [-0.3, -0.25) is 4.79 Å². The van der Waals surface area contributed by atoms with Gasteiger partial charge in [0, 0.05) is 19.1 Å². The predicted molar refractivity (Wildman–Crippen MR) is 94.1 cm³/mol. The molecule has 4 nitrogen and oxygen atoms in total. The second-order valence-electron chi connectivity index (χ2n) is 6.17. The summed E-state index contributed by atoms with van der Waals surface area (Å²) in [7, 11) is 0. The number of rotatable bonds is 7. The molecule has 0 radical (unpaired) electrons. The molecule has 1 aliphatic rings. The highest BCUT2D eigenvalue weighted by molar-refractivity contribution is 6.32. The van der Waals surface area contributed by atoms with Gasteiger partial charge in [0.1, 0.15) is 5.75 Å². The largest absolute Gasteiger partial charge is 0.479 e. The van der Waals surface area contributed by atoms with E-state index in [1.807, 2.05) is 12.1 Å². The highest BCUT2D eigenvalue weighted by Crippen LogP contribution is 2.24. The summed E-state index contributed by atoms with van der Waals surface area (Å²) in [5.41, 5.74) is 0. The molecule has 1 amide bonds. The molecule has 1 atom stereocenters. The van der Waals surface area contributed by atoms with Gasteiger partial charge in [0.05, 0.1) is 5.02 Å². The summed E-state index contributed by atoms with van der Waals surface area (Å²) in [6, 6.07) is 7.47. The molecule has 1 aliphatic heterocycles. The Balaban J connectivity index is 1.75. The lowest BCUT2D eigenvalue weighted by molar-refractivity contribution is -0.128. The Kier molecular flexibility index (Phi) is 7.18. The van der Waals surface area contributed by atoms with Gasteiger partial charge in [-0.2, -0.15) is 0 Å². The van der Waals surface area contributed by atoms with Crippen LogP contribution in [0.2, 0.25) is 5.02 Å². The Hall–Kier alpha value is -1.26. The number of benzene rings is 1. The summed E-state index contributed by atoms with van der Waals surface area (Å²) in [6.07, 6.45) is 3.95. The van der Waals surface area contributed by atoms with Crippen LogP contribution in [0.5, 0.6) is 5.75 Å². The van der Waals surface area contributed by atoms with Gasteiger partial charge < -0.3 is 15.0 Å². The molecular weight excluding hydrogens is 312 g/mol. The van der Waals surface area contributed by atoms with Crippen LogP contribution in [0.1, 0.15) is 39.5 Å². The van der Waals surface area contributed by atoms with Crippen molar-refractivity contribution in [1.29, 1.82) is 0 Å². The first-order valence-electron chi connectivity index (χ1n) is 8.54. The maximum Gasteiger partial charge on any atom is 0.260 e. The summed E-state index contributed by atoms with van der Waals surface area (Å²) in [4.78, 5) is 14.8. The Morgan fingerprint density at radius 1 is 1.39 bits per heavy atom. The lowest BCUT2D eigenvalue weighted by Gasteiger charge is -2.32. The van der Waals surface area contributed by atoms with Gasteiger partial charge in [0.25, 0.3) is 5.91 Å². The summed E-state index contributed by atoms with van der Waals surface area (Å²) in [5, 5.41) is 3.63. The van der Waals surface area contributed by atoms with E-state index in [9.17, 15) is 4.79 Å². The number of ether oxygens (including phenoxy) is 1. The van der Waals surface area contributed by atoms with Crippen molar-refractivity contribution >= 4 is 17.5 Å². The SMILES string of the molecule is CCCCN1CCC(NC(=O)[C@@H](C)Oc2ccccc2Cl)CC1. The van der Waals surface area contributed by atoms with Crippen molar-refractivity contribution < 1.29 is 9.53 Å². The van der Waals surface area contributed by atoms with Gasteiger partial charge in [0.2, 0.25) is 0 Å². The predicted octanol–water partition coefficient (Wildman–Crippen LogP) is 3.49. The Labute approximate surface area is 144 Å². The summed E-state index contributed by atoms with van der Waals surface area (Å²) >= 11 is 6.06. The number of hydrogen-bond acceptors (Lipinski definition) is 3. The number of likely N-dealkylation sites (tertiary alicyclic amines) is 1. The smallest absolute Gasteiger partial charge is 0.260 e. The molecule has 0 aromatic heterocycles. The molecule has 128 valence electrons. The number of para-hydroxylation sites is 1. The molecule has 2 rings (SSSR count). The van der Waals surface area contributed by atoms with Gasteiger partial charge in [-0.15, -0.1) is 0 Å². The van der Waals surface area contributed by atoms with Gasteiger partial charge in [-0.05, 0) is 44.9 Å². The maximum atomic E-state index is 12.3. The van der Waals surface area contributed by atoms with Gasteiger partial charge in [-0.1, -0.05) is 37.1 Å². The van der Waals surface area contributed by atoms with E-state index in [1.54, 1.807) is 19.1 Å². The van der Waals surface area contributed by atoms with Gasteiger partial charge >= 0.3 is 0 Å². The Morgan fingerprint density at radius 2 is 2.09 bits per heavy atom. The van der Waals surface area contributed by atoms with E-state index < -0.39 is 6.10 Å². The molecule has 1 N–H and O–H groups in total. The highest BCUT2D eigenvalue weighted by atomic mass is 35.5. The van der Waals surface area contributed by atoms with Gasteiger partial charge in [-0.25, -0.2) is 0 Å². The fourth-order valence-corrected chi connectivity index (χ4v) is 2.97. The number of halogens is 1. The zero-order chi connectivity index (χ0) is 16.7. The molecule has 5 heteroatoms. The number of carbonyl (C=O) groups excluding carboxylic acids is 1. The van der Waals surface area contributed by atoms with Crippen molar-refractivity contribution in [2.24, 2.45) is 0 Å². The molecule has 1 aromatic carbocycles. The zero-order valence-corrected chi connectivity index (χ0v) is 14.8. The molecule has 1 fully saturated rings. The molecule has 0 unspecified atom stereocenters. The van der Waals surface area contributed by atoms with Crippen LogP contribution in [0.4, 0.5) is 0 Å². The number of hydrogen-bond donors (Lipinski definition) is 1. The van der Waals surface area contributed by atoms with Crippen molar-refractivity contribution in [1.82, 2.24) is 10.2 Å². The van der Waals surface area contributed by atoms with Crippen LogP contribution >= 0.6 is 11.6 Å². The average Bonchev–Trinajstić information content (AvgIpc) is 2.56. The number of nitrogens with one attached hydrogen (secondary N) is 1. The van der Waals surface area contributed by atoms with E-state index in [0.717, 1.165) is 25.9 Å². The minimum Gasteiger partial charge on any atom is -0.479 e. The van der Waals surface area contributed by atoms with E-state index >= 15 is 0 Å². The van der Waals surface area contributed by atoms with E-state index in [0.29, 0.717) is 10.8 Å². The van der Waals surface area contributed by atoms with Gasteiger partial charge in [0.15, 0.2) is 6.10 Å². The number of piperidine rings is 1. The topological polar surface area (TPSA) is 41.6 Å². The van der Waals surface area contributed by atoms with Crippen LogP contribution in [0.15, 0.2) is 24.3 Å². The molecular formula is C18H27ClN2O2. The summed E-state index contributed by atoms with van der Waals surface area (Å²) in [5.74, 6) is 0.475. The summed E-state index contributed by atoms with van der Waals surface area (Å²) < 4.78 is 5.67. The fraction of sp³-hybridized carbons (Fsp3) is 0.611. The molecule has 0 spiro atoms. The molecule has 0 aliphatic carbocycles. The number of unbranched alkanes of at least 4 members (excludes halogenated alkanes) is 1. The van der Waals surface area contributed by atoms with Crippen LogP contribution in [0.3, 0.4) is 0 Å². The fourth-order valence-electron chi connectivity index (χ4n) is 2.79. The highest BCUT2D eigenvalue weighted by Gasteiger charge is 2.23. The van der Waals surface area contributed by atoms with Crippen LogP contribution in [0.25, 0.3) is 0 Å². The molecule has 1 aromatic rings. The zero-order valence-electron chi connectivity index (χ0n) is 14.1. The second-order valence-corrected chi connectivity index (χ2v) is 6.58. The lowest BCUT2D eigenvalue weighted by atomic mass is 10.0. The molecule has 23 heavy (non-hydrogen) atoms. The molecule has 1 heterocycles. The van der Waals surface area contributed by atoms with E-state index in [4.69, 9.17) is 16.3 Å². The van der Waals surface area contributed by atoms with Crippen LogP contribution < -0.4 is 10.1 Å². The average molecular weight is 339 g/mol. The molecule has 0 saturated carbocycles. The number of amides is 1. The second kappa shape index (κ2) is 9.14. The van der Waals surface area contributed by atoms with Crippen molar-refractivity contribution in [3.63, 3.8) is 0 Å². The third-order valence-corrected chi connectivity index (χ3v) is 4.58. The van der Waals surface area contributed by atoms with Crippen LogP contribution in [-0.2, 0) is 4.79 Å². The van der Waals surface area contributed by atoms with Crippen LogP contribution in [0, 0.1) is 0 Å². The van der Waals surface area contributed by atoms with E-state index in [-0.39, 0.29) is 11.9 Å². The van der Waals surface area contributed by atoms with Crippen molar-refractivity contribution in [3.05, 3.63) is 29.3 Å². The van der Waals surface area contributed by atoms with Crippen LogP contribution in [-0.4, -0.2) is 42.6 Å². The molecule has 0 bridgehead atoms. The third-order valence-electron chi connectivity index (χ3n) is 4.27. The number of carbonyl (C=O) groups is 1. The summed E-state index contributed by atoms with van der Waals surface area (Å²) in [6.45, 7) is 7.26. The first-order valence-corrected chi connectivity index (χ1v) is 8.92. The standard InChI is InChI=1S/C18H27ClN2O2/c1-3-4-11-21-12-9-15(10-13-21)20-18(22)14(2)23-17-8-6-5-7-16(17)19/h5-8,14-15H,3-4,9-13H2,1-2H3,(H,20,22)/t14-/m1/s1. The quantitative estimate of drug-likeness (QED) is 0.827. The van der Waals surface area contributed by atoms with Crippen molar-refractivity contribution in [3.8, 4) is 5.75 Å². The maximum absolute atomic E-state index is 12.3. The van der Waals surface area contributed by atoms with E-state index in [1.165, 1.54) is 19.4 Å². The van der Waals surface area contributed by atoms with E-state index in [2.05, 4.69) is 17.1 Å². The van der Waals surface area contributed by atoms with Crippen molar-refractivity contribution in [2.75, 3.05) is 19.6 Å². The Bertz CT molecular complexity index is 502. The molecule has 1 saturated heterocycles. The third kappa shape index (κ3) is 5.70. The normalized spacial score (nSPS) is 17.7. The first-order chi connectivity index (χ1) is 11.1. The minimum absolute atomic E-state index is 0.0723. The Morgan fingerprint density at radius 3 is 2.74 bits per heavy atom. The minimum atomic E-state index is -0.548. The van der Waals surface area contributed by atoms with Crippen molar-refractivity contribution in [2.45, 2.75) is 51.7 Å². The monoisotopic (exact) mass is 338 g/mol.